The zero-order valence-electron chi connectivity index (χ0n) is 19.4. The van der Waals surface area contributed by atoms with Crippen molar-refractivity contribution in [3.63, 3.8) is 0 Å². The molecule has 0 unspecified atom stereocenters. The van der Waals surface area contributed by atoms with E-state index in [0.29, 0.717) is 35.7 Å². The number of carbonyl (C=O) groups is 2. The van der Waals surface area contributed by atoms with Gasteiger partial charge >= 0.3 is 0 Å². The zero-order valence-corrected chi connectivity index (χ0v) is 19.4. The molecule has 8 heteroatoms. The maximum Gasteiger partial charge on any atom is 0.258 e. The molecule has 2 aromatic carbocycles. The molecule has 1 aliphatic rings. The molecular weight excluding hydrogens is 408 g/mol. The van der Waals surface area contributed by atoms with Crippen molar-refractivity contribution in [1.29, 1.82) is 0 Å². The van der Waals surface area contributed by atoms with Gasteiger partial charge in [0.15, 0.2) is 11.5 Å². The molecule has 0 spiro atoms. The Labute approximate surface area is 188 Å². The molecule has 1 heterocycles. The van der Waals surface area contributed by atoms with E-state index in [1.807, 2.05) is 56.3 Å². The smallest absolute Gasteiger partial charge is 0.258 e. The van der Waals surface area contributed by atoms with Crippen LogP contribution >= 0.6 is 0 Å². The maximum atomic E-state index is 12.8. The number of methoxy groups -OCH3 is 2. The highest BCUT2D eigenvalue weighted by Crippen LogP contribution is 2.42. The summed E-state index contributed by atoms with van der Waals surface area (Å²) in [4.78, 5) is 28.5. The summed E-state index contributed by atoms with van der Waals surface area (Å²) in [6.07, 6.45) is 0.625. The summed E-state index contributed by atoms with van der Waals surface area (Å²) >= 11 is 0. The first-order valence-electron chi connectivity index (χ1n) is 10.4. The number of hydrogen-bond donors (Lipinski definition) is 2. The molecule has 0 atom stereocenters. The largest absolute Gasteiger partial charge is 0.493 e. The number of carbonyl (C=O) groups excluding carboxylic acids is 2. The number of anilines is 3. The maximum absolute atomic E-state index is 12.8. The van der Waals surface area contributed by atoms with Gasteiger partial charge < -0.3 is 29.9 Å². The zero-order chi connectivity index (χ0) is 23.4. The van der Waals surface area contributed by atoms with Crippen molar-refractivity contribution in [1.82, 2.24) is 4.90 Å². The minimum absolute atomic E-state index is 0.00989. The van der Waals surface area contributed by atoms with Crippen LogP contribution in [-0.2, 0) is 9.59 Å². The van der Waals surface area contributed by atoms with Gasteiger partial charge in [0.1, 0.15) is 0 Å². The Morgan fingerprint density at radius 1 is 1.03 bits per heavy atom. The van der Waals surface area contributed by atoms with Crippen molar-refractivity contribution in [2.24, 2.45) is 0 Å². The normalized spacial score (nSPS) is 14.0. The first kappa shape index (κ1) is 23.1. The Hall–Kier alpha value is -3.52. The molecule has 3 rings (SSSR count). The van der Waals surface area contributed by atoms with Crippen LogP contribution in [-0.4, -0.2) is 58.6 Å². The van der Waals surface area contributed by atoms with E-state index in [1.54, 1.807) is 32.2 Å². The van der Waals surface area contributed by atoms with Crippen LogP contribution in [0.4, 0.5) is 17.1 Å². The average Bonchev–Trinajstić information content (AvgIpc) is 3.10. The number of nitrogens with one attached hydrogen (secondary N) is 2. The Morgan fingerprint density at radius 2 is 1.66 bits per heavy atom. The minimum atomic E-state index is -0.176. The van der Waals surface area contributed by atoms with E-state index >= 15 is 0 Å². The molecule has 32 heavy (non-hydrogen) atoms. The summed E-state index contributed by atoms with van der Waals surface area (Å²) < 4.78 is 10.8. The highest BCUT2D eigenvalue weighted by molar-refractivity contribution is 6.32. The minimum Gasteiger partial charge on any atom is -0.493 e. The predicted molar refractivity (Wildman–Crippen MR) is 127 cm³/mol. The third-order valence-corrected chi connectivity index (χ3v) is 5.30. The first-order chi connectivity index (χ1) is 15.3. The molecule has 0 aromatic heterocycles. The second kappa shape index (κ2) is 9.74. The third kappa shape index (κ3) is 4.70. The van der Waals surface area contributed by atoms with Crippen molar-refractivity contribution in [3.05, 3.63) is 47.7 Å². The Bertz CT molecular complexity index is 1040. The molecule has 170 valence electrons. The average molecular weight is 439 g/mol. The van der Waals surface area contributed by atoms with Crippen LogP contribution in [0, 0.1) is 0 Å². The standard InChI is InChI=1S/C24H30N4O4/c1-7-18(23-17-12-20(31-5)21(32-6)13-19(17)26-24(23)30)25-15-8-10-16(11-9-15)28(4)22(29)14-27(2)3/h8-13,25H,7,14H2,1-6H3,(H,26,30)/b23-18-. The van der Waals surface area contributed by atoms with Crippen LogP contribution < -0.4 is 25.0 Å². The molecule has 0 aliphatic carbocycles. The monoisotopic (exact) mass is 438 g/mol. The van der Waals surface area contributed by atoms with Crippen LogP contribution in [0.1, 0.15) is 18.9 Å². The summed E-state index contributed by atoms with van der Waals surface area (Å²) in [5.74, 6) is 0.953. The van der Waals surface area contributed by atoms with Crippen molar-refractivity contribution in [2.45, 2.75) is 13.3 Å². The van der Waals surface area contributed by atoms with E-state index in [1.165, 1.54) is 0 Å². The van der Waals surface area contributed by atoms with E-state index in [2.05, 4.69) is 10.6 Å². The summed E-state index contributed by atoms with van der Waals surface area (Å²) in [7, 11) is 8.61. The van der Waals surface area contributed by atoms with Crippen LogP contribution in [0.5, 0.6) is 11.5 Å². The number of benzene rings is 2. The lowest BCUT2D eigenvalue weighted by Gasteiger charge is -2.20. The number of allylic oxidation sites excluding steroid dienone is 1. The second-order valence-corrected chi connectivity index (χ2v) is 7.78. The van der Waals surface area contributed by atoms with Gasteiger partial charge in [-0.05, 0) is 50.8 Å². The van der Waals surface area contributed by atoms with Crippen molar-refractivity contribution in [2.75, 3.05) is 57.4 Å². The van der Waals surface area contributed by atoms with Crippen molar-refractivity contribution >= 4 is 34.4 Å². The van der Waals surface area contributed by atoms with Gasteiger partial charge in [-0.3, -0.25) is 9.59 Å². The highest BCUT2D eigenvalue weighted by atomic mass is 16.5. The summed E-state index contributed by atoms with van der Waals surface area (Å²) in [6.45, 7) is 2.33. The molecule has 8 nitrogen and oxygen atoms in total. The number of rotatable bonds is 8. The lowest BCUT2D eigenvalue weighted by Crippen LogP contribution is -2.34. The van der Waals surface area contributed by atoms with Gasteiger partial charge in [0, 0.05) is 35.7 Å². The highest BCUT2D eigenvalue weighted by Gasteiger charge is 2.29. The predicted octanol–water partition coefficient (Wildman–Crippen LogP) is 3.41. The van der Waals surface area contributed by atoms with Crippen LogP contribution in [0.15, 0.2) is 42.1 Å². The van der Waals surface area contributed by atoms with Gasteiger partial charge in [0.2, 0.25) is 5.91 Å². The Morgan fingerprint density at radius 3 is 2.22 bits per heavy atom. The van der Waals surface area contributed by atoms with Gasteiger partial charge in [-0.25, -0.2) is 0 Å². The fourth-order valence-electron chi connectivity index (χ4n) is 3.59. The van der Waals surface area contributed by atoms with E-state index in [0.717, 1.165) is 22.6 Å². The summed E-state index contributed by atoms with van der Waals surface area (Å²) in [5, 5.41) is 6.28. The number of likely N-dealkylation sites (N-methyl/N-ethyl adjacent to an activating group) is 2. The summed E-state index contributed by atoms with van der Waals surface area (Å²) in [6, 6.07) is 11.1. The van der Waals surface area contributed by atoms with Gasteiger partial charge in [0.05, 0.1) is 32.0 Å². The second-order valence-electron chi connectivity index (χ2n) is 7.78. The van der Waals surface area contributed by atoms with Gasteiger partial charge in [-0.15, -0.1) is 0 Å². The van der Waals surface area contributed by atoms with E-state index in [9.17, 15) is 9.59 Å². The lowest BCUT2D eigenvalue weighted by atomic mass is 10.0. The molecular formula is C24H30N4O4. The van der Waals surface area contributed by atoms with Gasteiger partial charge in [0.25, 0.3) is 5.91 Å². The topological polar surface area (TPSA) is 83.1 Å². The van der Waals surface area contributed by atoms with Crippen LogP contribution in [0.3, 0.4) is 0 Å². The number of hydrogen-bond acceptors (Lipinski definition) is 6. The first-order valence-corrected chi connectivity index (χ1v) is 10.4. The van der Waals surface area contributed by atoms with E-state index < -0.39 is 0 Å². The lowest BCUT2D eigenvalue weighted by molar-refractivity contribution is -0.119. The molecule has 2 N–H and O–H groups in total. The fraction of sp³-hybridized carbons (Fsp3) is 0.333. The van der Waals surface area contributed by atoms with Crippen LogP contribution in [0.2, 0.25) is 0 Å². The van der Waals surface area contributed by atoms with E-state index in [-0.39, 0.29) is 11.8 Å². The van der Waals surface area contributed by atoms with E-state index in [4.69, 9.17) is 9.47 Å². The molecule has 0 fully saturated rings. The quantitative estimate of drug-likeness (QED) is 0.615. The van der Waals surface area contributed by atoms with Crippen molar-refractivity contribution < 1.29 is 19.1 Å². The Kier molecular flexibility index (Phi) is 7.05. The number of fused-ring (bicyclic) bond motifs is 1. The Balaban J connectivity index is 1.89. The molecule has 0 saturated carbocycles. The van der Waals surface area contributed by atoms with Crippen LogP contribution in [0.25, 0.3) is 5.57 Å². The number of ether oxygens (including phenoxy) is 2. The van der Waals surface area contributed by atoms with Gasteiger partial charge in [-0.2, -0.15) is 0 Å². The number of nitrogens with zero attached hydrogens (tertiary/aromatic N) is 2. The molecule has 0 radical (unpaired) electrons. The fourth-order valence-corrected chi connectivity index (χ4v) is 3.59. The molecule has 2 aromatic rings. The SMILES string of the molecule is CC/C(Nc1ccc(N(C)C(=O)CN(C)C)cc1)=C1/C(=O)Nc2cc(OC)c(OC)cc21. The third-order valence-electron chi connectivity index (χ3n) is 5.30. The molecule has 2 amide bonds. The number of amides is 2. The summed E-state index contributed by atoms with van der Waals surface area (Å²) in [5.41, 5.74) is 4.45. The molecule has 1 aliphatic heterocycles. The van der Waals surface area contributed by atoms with Crippen molar-refractivity contribution in [3.8, 4) is 11.5 Å². The molecule has 0 bridgehead atoms. The molecule has 0 saturated heterocycles. The van der Waals surface area contributed by atoms with Gasteiger partial charge in [-0.1, -0.05) is 6.92 Å².